The lowest BCUT2D eigenvalue weighted by Gasteiger charge is -2.34. The number of aromatic nitrogens is 2. The molecule has 2 heterocycles. The predicted octanol–water partition coefficient (Wildman–Crippen LogP) is 1.67. The SMILES string of the molecule is COc1ccc(-n2ccc(CNC(=O)C3(CN)CCOCC3)n2)cc1.Cl. The molecular weight excluding hydrogens is 356 g/mol. The number of carbonyl (C=O) groups is 1. The Hall–Kier alpha value is -2.09. The molecule has 1 aliphatic rings. The molecule has 0 unspecified atom stereocenters. The van der Waals surface area contributed by atoms with E-state index in [0.29, 0.717) is 39.1 Å². The van der Waals surface area contributed by atoms with Crippen molar-refractivity contribution in [3.8, 4) is 11.4 Å². The summed E-state index contributed by atoms with van der Waals surface area (Å²) in [5.41, 5.74) is 7.07. The molecule has 142 valence electrons. The molecule has 26 heavy (non-hydrogen) atoms. The van der Waals surface area contributed by atoms with Crippen LogP contribution in [0.15, 0.2) is 36.5 Å². The predicted molar refractivity (Wildman–Crippen MR) is 101 cm³/mol. The summed E-state index contributed by atoms with van der Waals surface area (Å²) >= 11 is 0. The third-order valence-electron chi connectivity index (χ3n) is 4.73. The lowest BCUT2D eigenvalue weighted by molar-refractivity contribution is -0.136. The van der Waals surface area contributed by atoms with Crippen LogP contribution in [-0.4, -0.2) is 42.6 Å². The smallest absolute Gasteiger partial charge is 0.227 e. The van der Waals surface area contributed by atoms with Crippen molar-refractivity contribution in [2.75, 3.05) is 26.9 Å². The van der Waals surface area contributed by atoms with Crippen LogP contribution >= 0.6 is 12.4 Å². The Morgan fingerprint density at radius 2 is 2.00 bits per heavy atom. The van der Waals surface area contributed by atoms with E-state index in [1.54, 1.807) is 11.8 Å². The van der Waals surface area contributed by atoms with Crippen molar-refractivity contribution < 1.29 is 14.3 Å². The molecule has 0 aliphatic carbocycles. The van der Waals surface area contributed by atoms with E-state index in [2.05, 4.69) is 10.4 Å². The quantitative estimate of drug-likeness (QED) is 0.795. The number of nitrogens with zero attached hydrogens (tertiary/aromatic N) is 2. The van der Waals surface area contributed by atoms with Crippen molar-refractivity contribution in [1.82, 2.24) is 15.1 Å². The zero-order valence-corrected chi connectivity index (χ0v) is 15.6. The fraction of sp³-hybridized carbons (Fsp3) is 0.444. The number of ether oxygens (including phenoxy) is 2. The van der Waals surface area contributed by atoms with Crippen LogP contribution in [0.2, 0.25) is 0 Å². The summed E-state index contributed by atoms with van der Waals surface area (Å²) in [5, 5.41) is 7.48. The second kappa shape index (κ2) is 9.02. The second-order valence-corrected chi connectivity index (χ2v) is 6.23. The maximum absolute atomic E-state index is 12.6. The van der Waals surface area contributed by atoms with Gasteiger partial charge in [-0.1, -0.05) is 0 Å². The Kier molecular flexibility index (Phi) is 7.02. The largest absolute Gasteiger partial charge is 0.497 e. The first-order valence-corrected chi connectivity index (χ1v) is 8.42. The topological polar surface area (TPSA) is 91.4 Å². The Labute approximate surface area is 159 Å². The molecule has 1 saturated heterocycles. The summed E-state index contributed by atoms with van der Waals surface area (Å²) in [6.45, 7) is 1.88. The molecule has 3 rings (SSSR count). The molecule has 8 heteroatoms. The summed E-state index contributed by atoms with van der Waals surface area (Å²) in [6.07, 6.45) is 3.20. The highest BCUT2D eigenvalue weighted by Gasteiger charge is 2.38. The molecule has 1 aliphatic heterocycles. The number of benzene rings is 1. The van der Waals surface area contributed by atoms with E-state index >= 15 is 0 Å². The molecule has 1 aromatic carbocycles. The van der Waals surface area contributed by atoms with Gasteiger partial charge in [0.1, 0.15) is 5.75 Å². The summed E-state index contributed by atoms with van der Waals surface area (Å²) in [7, 11) is 1.64. The molecule has 0 bridgehead atoms. The van der Waals surface area contributed by atoms with Gasteiger partial charge in [-0.25, -0.2) is 4.68 Å². The fourth-order valence-corrected chi connectivity index (χ4v) is 2.98. The molecule has 0 atom stereocenters. The molecule has 7 nitrogen and oxygen atoms in total. The van der Waals surface area contributed by atoms with Gasteiger partial charge in [0.15, 0.2) is 0 Å². The molecular formula is C18H25ClN4O3. The highest BCUT2D eigenvalue weighted by Crippen LogP contribution is 2.29. The number of amides is 1. The lowest BCUT2D eigenvalue weighted by Crippen LogP contribution is -2.49. The van der Waals surface area contributed by atoms with Crippen LogP contribution in [0, 0.1) is 5.41 Å². The molecule has 1 amide bonds. The van der Waals surface area contributed by atoms with Crippen LogP contribution in [0.25, 0.3) is 5.69 Å². The van der Waals surface area contributed by atoms with Crippen molar-refractivity contribution >= 4 is 18.3 Å². The highest BCUT2D eigenvalue weighted by atomic mass is 35.5. The fourth-order valence-electron chi connectivity index (χ4n) is 2.98. The molecule has 3 N–H and O–H groups in total. The number of nitrogens with one attached hydrogen (secondary N) is 1. The number of carbonyl (C=O) groups excluding carboxylic acids is 1. The molecule has 0 saturated carbocycles. The number of nitrogens with two attached hydrogens (primary N) is 1. The average Bonchev–Trinajstić information content (AvgIpc) is 3.15. The number of methoxy groups -OCH3 is 1. The van der Waals surface area contributed by atoms with Gasteiger partial charge < -0.3 is 20.5 Å². The number of hydrogen-bond acceptors (Lipinski definition) is 5. The van der Waals surface area contributed by atoms with Crippen LogP contribution in [0.3, 0.4) is 0 Å². The molecule has 1 aromatic heterocycles. The third-order valence-corrected chi connectivity index (χ3v) is 4.73. The van der Waals surface area contributed by atoms with Gasteiger partial charge in [-0.15, -0.1) is 12.4 Å². The number of halogens is 1. The van der Waals surface area contributed by atoms with Gasteiger partial charge in [0.05, 0.1) is 30.5 Å². The van der Waals surface area contributed by atoms with Crippen molar-refractivity contribution in [3.63, 3.8) is 0 Å². The van der Waals surface area contributed by atoms with E-state index < -0.39 is 5.41 Å². The van der Waals surface area contributed by atoms with Crippen LogP contribution in [-0.2, 0) is 16.1 Å². The van der Waals surface area contributed by atoms with E-state index in [0.717, 1.165) is 17.1 Å². The van der Waals surface area contributed by atoms with Gasteiger partial charge in [-0.05, 0) is 43.2 Å². The molecule has 0 radical (unpaired) electrons. The maximum Gasteiger partial charge on any atom is 0.227 e. The van der Waals surface area contributed by atoms with Gasteiger partial charge in [-0.3, -0.25) is 4.79 Å². The minimum atomic E-state index is -0.517. The Bertz CT molecular complexity index is 711. The van der Waals surface area contributed by atoms with Crippen molar-refractivity contribution in [1.29, 1.82) is 0 Å². The Morgan fingerprint density at radius 1 is 1.31 bits per heavy atom. The molecule has 1 fully saturated rings. The molecule has 0 spiro atoms. The lowest BCUT2D eigenvalue weighted by atomic mass is 9.79. The van der Waals surface area contributed by atoms with E-state index in [1.165, 1.54) is 0 Å². The standard InChI is InChI=1S/C18H24N4O3.ClH/c1-24-16-4-2-15(3-5-16)22-9-6-14(21-22)12-20-17(23)18(13-19)7-10-25-11-8-18;/h2-6,9H,7-8,10-13,19H2,1H3,(H,20,23);1H. The summed E-state index contributed by atoms with van der Waals surface area (Å²) in [6, 6.07) is 9.52. The molecule has 2 aromatic rings. The van der Waals surface area contributed by atoms with E-state index in [4.69, 9.17) is 15.2 Å². The van der Waals surface area contributed by atoms with Gasteiger partial charge >= 0.3 is 0 Å². The third kappa shape index (κ3) is 4.35. The van der Waals surface area contributed by atoms with Crippen LogP contribution < -0.4 is 15.8 Å². The first kappa shape index (κ1) is 20.2. The van der Waals surface area contributed by atoms with Gasteiger partial charge in [0.25, 0.3) is 0 Å². The first-order chi connectivity index (χ1) is 12.2. The summed E-state index contributed by atoms with van der Waals surface area (Å²) in [5.74, 6) is 0.782. The van der Waals surface area contributed by atoms with Crippen LogP contribution in [0.5, 0.6) is 5.75 Å². The first-order valence-electron chi connectivity index (χ1n) is 8.42. The van der Waals surface area contributed by atoms with Gasteiger partial charge in [-0.2, -0.15) is 5.10 Å². The Morgan fingerprint density at radius 3 is 2.62 bits per heavy atom. The van der Waals surface area contributed by atoms with Crippen molar-refractivity contribution in [3.05, 3.63) is 42.2 Å². The van der Waals surface area contributed by atoms with Crippen LogP contribution in [0.4, 0.5) is 0 Å². The summed E-state index contributed by atoms with van der Waals surface area (Å²) in [4.78, 5) is 12.6. The minimum Gasteiger partial charge on any atom is -0.497 e. The maximum atomic E-state index is 12.6. The van der Waals surface area contributed by atoms with Crippen molar-refractivity contribution in [2.24, 2.45) is 11.1 Å². The highest BCUT2D eigenvalue weighted by molar-refractivity contribution is 5.85. The van der Waals surface area contributed by atoms with E-state index in [1.807, 2.05) is 36.5 Å². The van der Waals surface area contributed by atoms with Gasteiger partial charge in [0.2, 0.25) is 5.91 Å². The van der Waals surface area contributed by atoms with Crippen molar-refractivity contribution in [2.45, 2.75) is 19.4 Å². The number of hydrogen-bond donors (Lipinski definition) is 2. The average molecular weight is 381 g/mol. The van der Waals surface area contributed by atoms with Crippen LogP contribution in [0.1, 0.15) is 18.5 Å². The normalized spacial score (nSPS) is 15.8. The zero-order valence-electron chi connectivity index (χ0n) is 14.8. The minimum absolute atomic E-state index is 0. The zero-order chi connectivity index (χ0) is 17.7. The second-order valence-electron chi connectivity index (χ2n) is 6.23. The monoisotopic (exact) mass is 380 g/mol. The summed E-state index contributed by atoms with van der Waals surface area (Å²) < 4.78 is 12.3. The van der Waals surface area contributed by atoms with E-state index in [-0.39, 0.29) is 18.3 Å². The number of rotatable bonds is 6. The van der Waals surface area contributed by atoms with E-state index in [9.17, 15) is 4.79 Å². The Balaban J connectivity index is 0.00000243. The van der Waals surface area contributed by atoms with Gasteiger partial charge in [0, 0.05) is 26.0 Å².